The van der Waals surface area contributed by atoms with Gasteiger partial charge in [0.25, 0.3) is 0 Å². The highest BCUT2D eigenvalue weighted by Gasteiger charge is 2.27. The van der Waals surface area contributed by atoms with Crippen molar-refractivity contribution in [2.75, 3.05) is 11.4 Å². The highest BCUT2D eigenvalue weighted by atomic mass is 32.1. The number of thiophene rings is 1. The SMILES string of the molecule is CC#Cc1c(N2CCCC2=O)csc1C(=O)O. The van der Waals surface area contributed by atoms with Gasteiger partial charge in [-0.1, -0.05) is 5.92 Å². The summed E-state index contributed by atoms with van der Waals surface area (Å²) < 4.78 is 0. The molecule has 1 aliphatic heterocycles. The second kappa shape index (κ2) is 4.60. The van der Waals surface area contributed by atoms with Crippen molar-refractivity contribution in [3.05, 3.63) is 15.8 Å². The maximum absolute atomic E-state index is 11.6. The number of amides is 1. The molecule has 0 aliphatic carbocycles. The highest BCUT2D eigenvalue weighted by Crippen LogP contribution is 2.32. The molecule has 1 saturated heterocycles. The van der Waals surface area contributed by atoms with Crippen LogP contribution in [0.3, 0.4) is 0 Å². The first-order chi connectivity index (χ1) is 8.15. The van der Waals surface area contributed by atoms with Crippen LogP contribution in [0.2, 0.25) is 0 Å². The van der Waals surface area contributed by atoms with Crippen molar-refractivity contribution in [1.82, 2.24) is 0 Å². The van der Waals surface area contributed by atoms with Gasteiger partial charge in [0.15, 0.2) is 0 Å². The summed E-state index contributed by atoms with van der Waals surface area (Å²) in [4.78, 5) is 24.5. The van der Waals surface area contributed by atoms with E-state index < -0.39 is 5.97 Å². The number of carbonyl (C=O) groups excluding carboxylic acids is 1. The largest absolute Gasteiger partial charge is 0.477 e. The molecule has 1 aromatic rings. The van der Waals surface area contributed by atoms with Gasteiger partial charge in [0.2, 0.25) is 5.91 Å². The Morgan fingerprint density at radius 3 is 2.88 bits per heavy atom. The number of hydrogen-bond donors (Lipinski definition) is 1. The van der Waals surface area contributed by atoms with E-state index in [0.717, 1.165) is 17.8 Å². The third kappa shape index (κ3) is 2.04. The lowest BCUT2D eigenvalue weighted by Gasteiger charge is -2.14. The molecule has 0 radical (unpaired) electrons. The van der Waals surface area contributed by atoms with Gasteiger partial charge in [0.05, 0.1) is 11.3 Å². The van der Waals surface area contributed by atoms with E-state index in [9.17, 15) is 9.59 Å². The molecule has 1 N–H and O–H groups in total. The molecule has 1 aromatic heterocycles. The number of nitrogens with zero attached hydrogens (tertiary/aromatic N) is 1. The highest BCUT2D eigenvalue weighted by molar-refractivity contribution is 7.12. The topological polar surface area (TPSA) is 57.6 Å². The fraction of sp³-hybridized carbons (Fsp3) is 0.333. The predicted molar refractivity (Wildman–Crippen MR) is 65.4 cm³/mol. The zero-order chi connectivity index (χ0) is 12.4. The fourth-order valence-corrected chi connectivity index (χ4v) is 2.70. The fourth-order valence-electron chi connectivity index (χ4n) is 1.85. The zero-order valence-electron chi connectivity index (χ0n) is 9.32. The van der Waals surface area contributed by atoms with Crippen LogP contribution < -0.4 is 4.90 Å². The van der Waals surface area contributed by atoms with E-state index in [2.05, 4.69) is 11.8 Å². The smallest absolute Gasteiger partial charge is 0.347 e. The molecule has 0 saturated carbocycles. The van der Waals surface area contributed by atoms with E-state index in [1.54, 1.807) is 17.2 Å². The summed E-state index contributed by atoms with van der Waals surface area (Å²) in [6, 6.07) is 0. The second-order valence-corrected chi connectivity index (χ2v) is 4.53. The molecule has 88 valence electrons. The Morgan fingerprint density at radius 2 is 2.35 bits per heavy atom. The summed E-state index contributed by atoms with van der Waals surface area (Å²) in [6.07, 6.45) is 1.34. The first-order valence-electron chi connectivity index (χ1n) is 5.23. The van der Waals surface area contributed by atoms with Crippen LogP contribution in [0.15, 0.2) is 5.38 Å². The molecular weight excluding hydrogens is 238 g/mol. The molecule has 2 rings (SSSR count). The molecule has 1 fully saturated rings. The van der Waals surface area contributed by atoms with Crippen molar-refractivity contribution < 1.29 is 14.7 Å². The zero-order valence-corrected chi connectivity index (χ0v) is 10.1. The summed E-state index contributed by atoms with van der Waals surface area (Å²) in [5.41, 5.74) is 1.10. The molecule has 1 amide bonds. The van der Waals surface area contributed by atoms with Gasteiger partial charge in [0, 0.05) is 18.3 Å². The monoisotopic (exact) mass is 249 g/mol. The maximum atomic E-state index is 11.6. The molecule has 2 heterocycles. The Morgan fingerprint density at radius 1 is 1.59 bits per heavy atom. The summed E-state index contributed by atoms with van der Waals surface area (Å²) in [5.74, 6) is 4.53. The lowest BCUT2D eigenvalue weighted by atomic mass is 10.2. The lowest BCUT2D eigenvalue weighted by molar-refractivity contribution is -0.117. The average Bonchev–Trinajstić information content (AvgIpc) is 2.85. The molecule has 4 nitrogen and oxygen atoms in total. The van der Waals surface area contributed by atoms with Crippen molar-refractivity contribution in [2.45, 2.75) is 19.8 Å². The van der Waals surface area contributed by atoms with Gasteiger partial charge in [-0.2, -0.15) is 0 Å². The van der Waals surface area contributed by atoms with Crippen LogP contribution in [-0.4, -0.2) is 23.5 Å². The van der Waals surface area contributed by atoms with Crippen LogP contribution in [0.25, 0.3) is 0 Å². The van der Waals surface area contributed by atoms with Crippen LogP contribution in [0.4, 0.5) is 5.69 Å². The van der Waals surface area contributed by atoms with Crippen molar-refractivity contribution in [3.8, 4) is 11.8 Å². The summed E-state index contributed by atoms with van der Waals surface area (Å²) in [6.45, 7) is 2.30. The molecular formula is C12H11NO3S. The Kier molecular flexibility index (Phi) is 3.16. The summed E-state index contributed by atoms with van der Waals surface area (Å²) in [5, 5.41) is 10.8. The number of carbonyl (C=O) groups is 2. The van der Waals surface area contributed by atoms with Crippen molar-refractivity contribution >= 4 is 28.9 Å². The van der Waals surface area contributed by atoms with Crippen LogP contribution in [0, 0.1) is 11.8 Å². The minimum Gasteiger partial charge on any atom is -0.477 e. The number of carboxylic acids is 1. The number of hydrogen-bond acceptors (Lipinski definition) is 3. The van der Waals surface area contributed by atoms with Gasteiger partial charge in [-0.25, -0.2) is 4.79 Å². The normalized spacial score (nSPS) is 14.6. The van der Waals surface area contributed by atoms with E-state index >= 15 is 0 Å². The van der Waals surface area contributed by atoms with Crippen molar-refractivity contribution in [2.24, 2.45) is 0 Å². The molecule has 0 unspecified atom stereocenters. The number of anilines is 1. The van der Waals surface area contributed by atoms with Crippen molar-refractivity contribution in [1.29, 1.82) is 0 Å². The Labute approximate surface area is 103 Å². The second-order valence-electron chi connectivity index (χ2n) is 3.65. The molecule has 1 aliphatic rings. The first-order valence-corrected chi connectivity index (χ1v) is 6.11. The molecule has 0 atom stereocenters. The lowest BCUT2D eigenvalue weighted by Crippen LogP contribution is -2.24. The number of carboxylic acid groups (broad SMARTS) is 1. The third-order valence-corrected chi connectivity index (χ3v) is 3.54. The molecule has 0 aromatic carbocycles. The van der Waals surface area contributed by atoms with E-state index in [4.69, 9.17) is 5.11 Å². The molecule has 0 spiro atoms. The van der Waals surface area contributed by atoms with Gasteiger partial charge >= 0.3 is 5.97 Å². The first kappa shape index (κ1) is 11.7. The van der Waals surface area contributed by atoms with Gasteiger partial charge in [0.1, 0.15) is 4.88 Å². The Balaban J connectivity index is 2.49. The van der Waals surface area contributed by atoms with Crippen LogP contribution >= 0.6 is 11.3 Å². The van der Waals surface area contributed by atoms with Gasteiger partial charge in [-0.3, -0.25) is 4.79 Å². The van der Waals surface area contributed by atoms with Crippen LogP contribution in [-0.2, 0) is 4.79 Å². The molecule has 17 heavy (non-hydrogen) atoms. The minimum atomic E-state index is -0.995. The summed E-state index contributed by atoms with van der Waals surface area (Å²) >= 11 is 1.12. The Hall–Kier alpha value is -1.80. The minimum absolute atomic E-state index is 0.0406. The van der Waals surface area contributed by atoms with Crippen molar-refractivity contribution in [3.63, 3.8) is 0 Å². The molecule has 0 bridgehead atoms. The predicted octanol–water partition coefficient (Wildman–Crippen LogP) is 1.94. The van der Waals surface area contributed by atoms with E-state index in [1.807, 2.05) is 0 Å². The van der Waals surface area contributed by atoms with E-state index in [-0.39, 0.29) is 10.8 Å². The Bertz CT molecular complexity index is 536. The standard InChI is InChI=1S/C12H11NO3S/c1-2-4-8-9(7-17-11(8)12(15)16)13-6-3-5-10(13)14/h7H,3,5-6H2,1H3,(H,15,16). The van der Waals surface area contributed by atoms with E-state index in [1.165, 1.54) is 0 Å². The summed E-state index contributed by atoms with van der Waals surface area (Å²) in [7, 11) is 0. The number of rotatable bonds is 2. The van der Waals surface area contributed by atoms with E-state index in [0.29, 0.717) is 24.2 Å². The molecule has 5 heteroatoms. The van der Waals surface area contributed by atoms with Crippen LogP contribution in [0.5, 0.6) is 0 Å². The van der Waals surface area contributed by atoms with Gasteiger partial charge < -0.3 is 10.0 Å². The quantitative estimate of drug-likeness (QED) is 0.815. The van der Waals surface area contributed by atoms with Crippen LogP contribution in [0.1, 0.15) is 35.0 Å². The average molecular weight is 249 g/mol. The number of aromatic carboxylic acids is 1. The third-order valence-electron chi connectivity index (χ3n) is 2.58. The van der Waals surface area contributed by atoms with Gasteiger partial charge in [-0.15, -0.1) is 17.3 Å². The maximum Gasteiger partial charge on any atom is 0.347 e. The van der Waals surface area contributed by atoms with Gasteiger partial charge in [-0.05, 0) is 13.3 Å².